The Morgan fingerprint density at radius 1 is 0.894 bits per heavy atom. The van der Waals surface area contributed by atoms with Gasteiger partial charge in [0.15, 0.2) is 4.90 Å². The molecule has 232 valence electrons. The quantitative estimate of drug-likeness (QED) is 0.130. The number of ether oxygens (including phenoxy) is 1. The minimum Gasteiger partial charge on any atom is -0.587 e. The third-order valence-corrected chi connectivity index (χ3v) is 9.43. The van der Waals surface area contributed by atoms with Crippen molar-refractivity contribution < 1.29 is 27.3 Å². The summed E-state index contributed by atoms with van der Waals surface area (Å²) in [7, 11) is 1.33. The van der Waals surface area contributed by atoms with Gasteiger partial charge in [-0.2, -0.15) is 14.5 Å². The number of aromatic nitrogens is 1. The first-order valence-electron chi connectivity index (χ1n) is 14.4. The van der Waals surface area contributed by atoms with E-state index in [0.717, 1.165) is 11.1 Å². The van der Waals surface area contributed by atoms with Crippen molar-refractivity contribution in [1.82, 2.24) is 3.97 Å². The molecule has 0 aliphatic heterocycles. The molecule has 6 nitrogen and oxygen atoms in total. The average molecular weight is 648 g/mol. The number of carbonyl (C=O) groups is 1. The molecule has 4 aromatic carbocycles. The SMILES string of the molecule is COC(=O)C1=CC=C(c2cccc(-c3c(-c4c(C#N)cccc4C#N)c4cc(F)ccc4n3[S+]([O-])c3ccc(C(F)F)cc3)c2)CC1. The lowest BCUT2D eigenvalue weighted by Gasteiger charge is -2.18. The topological polar surface area (TPSA) is 102 Å². The molecule has 1 aromatic heterocycles. The maximum absolute atomic E-state index is 15.0. The third kappa shape index (κ3) is 5.81. The predicted octanol–water partition coefficient (Wildman–Crippen LogP) is 8.64. The zero-order valence-corrected chi connectivity index (χ0v) is 25.7. The molecule has 0 amide bonds. The van der Waals surface area contributed by atoms with E-state index in [1.54, 1.807) is 36.4 Å². The molecule has 1 aliphatic carbocycles. The Hall–Kier alpha value is -5.55. The van der Waals surface area contributed by atoms with Crippen LogP contribution in [0.5, 0.6) is 0 Å². The Labute approximate surface area is 271 Å². The van der Waals surface area contributed by atoms with Crippen molar-refractivity contribution in [2.75, 3.05) is 7.11 Å². The molecule has 1 heterocycles. The van der Waals surface area contributed by atoms with Crippen LogP contribution in [0.2, 0.25) is 0 Å². The van der Waals surface area contributed by atoms with Crippen molar-refractivity contribution in [2.24, 2.45) is 0 Å². The zero-order valence-electron chi connectivity index (χ0n) is 24.8. The van der Waals surface area contributed by atoms with Crippen molar-refractivity contribution in [1.29, 1.82) is 10.5 Å². The lowest BCUT2D eigenvalue weighted by atomic mass is 9.89. The molecule has 0 spiro atoms. The minimum absolute atomic E-state index is 0.160. The maximum Gasteiger partial charge on any atom is 0.333 e. The Morgan fingerprint density at radius 3 is 2.19 bits per heavy atom. The highest BCUT2D eigenvalue weighted by molar-refractivity contribution is 7.90. The van der Waals surface area contributed by atoms with Gasteiger partial charge < -0.3 is 9.29 Å². The van der Waals surface area contributed by atoms with Gasteiger partial charge in [-0.3, -0.25) is 0 Å². The van der Waals surface area contributed by atoms with Crippen LogP contribution in [0.3, 0.4) is 0 Å². The van der Waals surface area contributed by atoms with Gasteiger partial charge in [-0.05, 0) is 84.6 Å². The number of hydrogen-bond donors (Lipinski definition) is 0. The summed E-state index contributed by atoms with van der Waals surface area (Å²) in [6.45, 7) is 0. The van der Waals surface area contributed by atoms with Crippen LogP contribution in [-0.4, -0.2) is 21.6 Å². The van der Waals surface area contributed by atoms with Crippen LogP contribution in [0.4, 0.5) is 13.2 Å². The largest absolute Gasteiger partial charge is 0.587 e. The molecule has 1 aliphatic rings. The van der Waals surface area contributed by atoms with Gasteiger partial charge in [-0.1, -0.05) is 36.4 Å². The van der Waals surface area contributed by atoms with E-state index < -0.39 is 29.6 Å². The maximum atomic E-state index is 15.0. The van der Waals surface area contributed by atoms with E-state index in [9.17, 15) is 33.0 Å². The van der Waals surface area contributed by atoms with E-state index >= 15 is 0 Å². The predicted molar refractivity (Wildman–Crippen MR) is 173 cm³/mol. The second-order valence-corrected chi connectivity index (χ2v) is 12.0. The summed E-state index contributed by atoms with van der Waals surface area (Å²) in [6.07, 6.45) is 1.85. The van der Waals surface area contributed by atoms with Crippen LogP contribution in [0.1, 0.15) is 41.5 Å². The van der Waals surface area contributed by atoms with Crippen LogP contribution in [-0.2, 0) is 20.9 Å². The number of nitriles is 2. The minimum atomic E-state index is -2.71. The van der Waals surface area contributed by atoms with Crippen molar-refractivity contribution in [3.63, 3.8) is 0 Å². The van der Waals surface area contributed by atoms with Gasteiger partial charge in [0.2, 0.25) is 0 Å². The zero-order chi connectivity index (χ0) is 33.2. The van der Waals surface area contributed by atoms with Gasteiger partial charge in [0, 0.05) is 33.2 Å². The number of methoxy groups -OCH3 is 1. The first-order chi connectivity index (χ1) is 22.7. The van der Waals surface area contributed by atoms with Crippen molar-refractivity contribution in [3.05, 3.63) is 131 Å². The van der Waals surface area contributed by atoms with Crippen LogP contribution in [0.15, 0.2) is 108 Å². The summed E-state index contributed by atoms with van der Waals surface area (Å²) in [5.74, 6) is -0.985. The van der Waals surface area contributed by atoms with Crippen molar-refractivity contribution in [2.45, 2.75) is 24.2 Å². The van der Waals surface area contributed by atoms with Gasteiger partial charge in [-0.15, -0.1) is 0 Å². The lowest BCUT2D eigenvalue weighted by molar-refractivity contribution is -0.136. The number of allylic oxidation sites excluding steroid dienone is 3. The fraction of sp³-hybridized carbons (Fsp3) is 0.108. The Balaban J connectivity index is 1.67. The number of fused-ring (bicyclic) bond motifs is 1. The van der Waals surface area contributed by atoms with E-state index in [0.29, 0.717) is 46.1 Å². The first-order valence-corrected chi connectivity index (χ1v) is 15.5. The standard InChI is InChI=1S/C37H24F3N3O3S/c1-46-37(44)24-10-8-22(9-11-24)25-4-2-5-26(18-25)35-34(33-27(20-41)6-3-7-28(33)21-42)31-19-29(38)14-17-32(31)43(35)47(45)30-15-12-23(13-16-30)36(39)40/h2-8,10,12-19,36H,9,11H2,1H3. The highest BCUT2D eigenvalue weighted by Crippen LogP contribution is 2.46. The molecule has 6 rings (SSSR count). The third-order valence-electron chi connectivity index (χ3n) is 8.05. The highest BCUT2D eigenvalue weighted by atomic mass is 32.2. The Kier molecular flexibility index (Phi) is 8.73. The second kappa shape index (κ2) is 13.1. The van der Waals surface area contributed by atoms with Crippen molar-refractivity contribution >= 4 is 33.8 Å². The molecule has 10 heteroatoms. The van der Waals surface area contributed by atoms with Gasteiger partial charge >= 0.3 is 5.97 Å². The summed E-state index contributed by atoms with van der Waals surface area (Å²) < 4.78 is 62.5. The fourth-order valence-corrected chi connectivity index (χ4v) is 7.09. The summed E-state index contributed by atoms with van der Waals surface area (Å²) in [5.41, 5.74) is 4.17. The normalized spacial score (nSPS) is 13.4. The number of rotatable bonds is 7. The Morgan fingerprint density at radius 2 is 1.57 bits per heavy atom. The summed E-state index contributed by atoms with van der Waals surface area (Å²) in [4.78, 5) is 12.3. The van der Waals surface area contributed by atoms with Gasteiger partial charge in [0.25, 0.3) is 6.43 Å². The van der Waals surface area contributed by atoms with E-state index in [1.807, 2.05) is 18.2 Å². The van der Waals surface area contributed by atoms with Crippen molar-refractivity contribution in [3.8, 4) is 34.5 Å². The lowest BCUT2D eigenvalue weighted by Crippen LogP contribution is -2.14. The van der Waals surface area contributed by atoms with E-state index in [-0.39, 0.29) is 27.1 Å². The molecular weight excluding hydrogens is 623 g/mol. The molecule has 0 bridgehead atoms. The number of halogens is 3. The fourth-order valence-electron chi connectivity index (χ4n) is 5.81. The molecule has 1 atom stereocenters. The number of carbonyl (C=O) groups excluding carboxylic acids is 1. The molecule has 1 unspecified atom stereocenters. The second-order valence-electron chi connectivity index (χ2n) is 10.7. The number of nitrogens with zero attached hydrogens (tertiary/aromatic N) is 3. The number of hydrogen-bond acceptors (Lipinski definition) is 5. The van der Waals surface area contributed by atoms with Crippen LogP contribution >= 0.6 is 0 Å². The first kappa shape index (κ1) is 31.4. The molecule has 0 saturated carbocycles. The van der Waals surface area contributed by atoms with Crippen LogP contribution < -0.4 is 0 Å². The van der Waals surface area contributed by atoms with Crippen LogP contribution in [0, 0.1) is 28.5 Å². The van der Waals surface area contributed by atoms with E-state index in [2.05, 4.69) is 12.1 Å². The van der Waals surface area contributed by atoms with E-state index in [1.165, 1.54) is 53.5 Å². The number of alkyl halides is 2. The molecule has 5 aromatic rings. The molecule has 47 heavy (non-hydrogen) atoms. The van der Waals surface area contributed by atoms with Gasteiger partial charge in [0.1, 0.15) is 22.9 Å². The summed E-state index contributed by atoms with van der Waals surface area (Å²) in [5, 5.41) is 20.6. The van der Waals surface area contributed by atoms with E-state index in [4.69, 9.17) is 4.74 Å². The Bertz CT molecular complexity index is 2160. The molecule has 0 N–H and O–H groups in total. The summed E-state index contributed by atoms with van der Waals surface area (Å²) in [6, 6.07) is 25.4. The molecule has 0 fully saturated rings. The molecule has 0 radical (unpaired) electrons. The smallest absolute Gasteiger partial charge is 0.333 e. The number of esters is 1. The highest BCUT2D eigenvalue weighted by Gasteiger charge is 2.31. The molecular formula is C37H24F3N3O3S. The van der Waals surface area contributed by atoms with Gasteiger partial charge in [0.05, 0.1) is 35.9 Å². The average Bonchev–Trinajstić information content (AvgIpc) is 3.44. The van der Waals surface area contributed by atoms with Crippen LogP contribution in [0.25, 0.3) is 38.9 Å². The van der Waals surface area contributed by atoms with Gasteiger partial charge in [-0.25, -0.2) is 18.0 Å². The monoisotopic (exact) mass is 647 g/mol. The molecule has 0 saturated heterocycles. The summed E-state index contributed by atoms with van der Waals surface area (Å²) >= 11 is -2.05. The number of benzene rings is 4.